The fraction of sp³-hybridized carbons (Fsp3) is 0.364. The topological polar surface area (TPSA) is 75.8 Å². The minimum absolute atomic E-state index is 0.0127. The molecule has 3 N–H and O–H groups in total. The molecule has 1 aliphatic rings. The Morgan fingerprint density at radius 3 is 2.23 bits per heavy atom. The highest BCUT2D eigenvalue weighted by Crippen LogP contribution is 2.47. The standard InChI is InChI=1S/C33H39FN2O3Si/c1-33(2,3)40(4,5)39-28-18-12-25(13-19-28)31-29(20-21-30(37)24-10-14-26(34)15-11-24)32(38)36(31)27-16-8-23(9-17-27)7-6-22-35/h8-19,29-31,37H,20-22,35H2,1-5H3/t29?,30-,31+/m0/s1. The second-order valence-corrected chi connectivity index (χ2v) is 16.6. The highest BCUT2D eigenvalue weighted by molar-refractivity contribution is 6.74. The predicted molar refractivity (Wildman–Crippen MR) is 161 cm³/mol. The number of carbonyl (C=O) groups excluding carboxylic acids is 1. The van der Waals surface area contributed by atoms with Gasteiger partial charge < -0.3 is 20.2 Å². The number of nitrogens with zero attached hydrogens (tertiary/aromatic N) is 1. The van der Waals surface area contributed by atoms with Gasteiger partial charge in [0.15, 0.2) is 0 Å². The van der Waals surface area contributed by atoms with Crippen LogP contribution >= 0.6 is 0 Å². The number of nitrogens with two attached hydrogens (primary N) is 1. The minimum atomic E-state index is -1.99. The van der Waals surface area contributed by atoms with Crippen molar-refractivity contribution >= 4 is 19.9 Å². The van der Waals surface area contributed by atoms with Crippen LogP contribution in [0.4, 0.5) is 10.1 Å². The number of hydrogen-bond acceptors (Lipinski definition) is 4. The highest BCUT2D eigenvalue weighted by atomic mass is 28.4. The summed E-state index contributed by atoms with van der Waals surface area (Å²) in [6.07, 6.45) is 0.122. The molecular weight excluding hydrogens is 519 g/mol. The zero-order valence-corrected chi connectivity index (χ0v) is 24.9. The minimum Gasteiger partial charge on any atom is -0.544 e. The van der Waals surface area contributed by atoms with E-state index in [0.29, 0.717) is 18.4 Å². The van der Waals surface area contributed by atoms with Crippen LogP contribution in [0.15, 0.2) is 72.8 Å². The van der Waals surface area contributed by atoms with Crippen molar-refractivity contribution < 1.29 is 18.7 Å². The highest BCUT2D eigenvalue weighted by Gasteiger charge is 2.48. The molecule has 3 aromatic carbocycles. The summed E-state index contributed by atoms with van der Waals surface area (Å²) in [5.41, 5.74) is 8.78. The molecule has 3 aromatic rings. The van der Waals surface area contributed by atoms with Crippen LogP contribution in [-0.4, -0.2) is 25.9 Å². The Hall–Kier alpha value is -3.44. The molecule has 0 saturated carbocycles. The van der Waals surface area contributed by atoms with Crippen LogP contribution < -0.4 is 15.1 Å². The van der Waals surface area contributed by atoms with Gasteiger partial charge in [0, 0.05) is 11.3 Å². The maximum atomic E-state index is 13.5. The number of anilines is 1. The van der Waals surface area contributed by atoms with Gasteiger partial charge in [-0.3, -0.25) is 4.79 Å². The lowest BCUT2D eigenvalue weighted by atomic mass is 9.78. The molecule has 1 unspecified atom stereocenters. The summed E-state index contributed by atoms with van der Waals surface area (Å²) in [5, 5.41) is 10.8. The van der Waals surface area contributed by atoms with Crippen molar-refractivity contribution in [2.45, 2.75) is 63.9 Å². The van der Waals surface area contributed by atoms with Crippen LogP contribution in [0.1, 0.15) is 62.4 Å². The van der Waals surface area contributed by atoms with Crippen LogP contribution in [0.5, 0.6) is 5.75 Å². The molecule has 0 bridgehead atoms. The summed E-state index contributed by atoms with van der Waals surface area (Å²) in [7, 11) is -1.99. The van der Waals surface area contributed by atoms with E-state index in [1.807, 2.05) is 53.4 Å². The molecule has 1 aliphatic heterocycles. The third kappa shape index (κ3) is 6.47. The first kappa shape index (κ1) is 29.5. The van der Waals surface area contributed by atoms with Gasteiger partial charge in [0.05, 0.1) is 24.6 Å². The Balaban J connectivity index is 1.57. The molecule has 5 nitrogen and oxygen atoms in total. The van der Waals surface area contributed by atoms with E-state index >= 15 is 0 Å². The van der Waals surface area contributed by atoms with E-state index in [9.17, 15) is 14.3 Å². The number of halogens is 1. The molecule has 0 aliphatic carbocycles. The molecule has 7 heteroatoms. The van der Waals surface area contributed by atoms with Gasteiger partial charge >= 0.3 is 0 Å². The lowest BCUT2D eigenvalue weighted by Gasteiger charge is -2.48. The normalized spacial score (nSPS) is 18.0. The number of β-lactam (4-membered cyclic amide) rings is 1. The average molecular weight is 559 g/mol. The van der Waals surface area contributed by atoms with Crippen molar-refractivity contribution in [2.24, 2.45) is 11.7 Å². The van der Waals surface area contributed by atoms with E-state index in [1.54, 1.807) is 12.1 Å². The van der Waals surface area contributed by atoms with Crippen LogP contribution in [0, 0.1) is 23.6 Å². The molecule has 1 heterocycles. The number of amides is 1. The molecule has 210 valence electrons. The van der Waals surface area contributed by atoms with Crippen molar-refractivity contribution in [2.75, 3.05) is 11.4 Å². The monoisotopic (exact) mass is 558 g/mol. The molecule has 40 heavy (non-hydrogen) atoms. The van der Waals surface area contributed by atoms with Crippen molar-refractivity contribution in [1.29, 1.82) is 0 Å². The summed E-state index contributed by atoms with van der Waals surface area (Å²) in [5.74, 6) is 6.07. The third-order valence-corrected chi connectivity index (χ3v) is 12.5. The van der Waals surface area contributed by atoms with Crippen molar-refractivity contribution in [3.8, 4) is 17.6 Å². The van der Waals surface area contributed by atoms with Gasteiger partial charge in [-0.25, -0.2) is 4.39 Å². The van der Waals surface area contributed by atoms with Crippen molar-refractivity contribution in [3.05, 3.63) is 95.3 Å². The summed E-state index contributed by atoms with van der Waals surface area (Å²) in [6, 6.07) is 21.3. The molecule has 0 radical (unpaired) electrons. The maximum Gasteiger partial charge on any atom is 0.250 e. The van der Waals surface area contributed by atoms with Gasteiger partial charge in [-0.1, -0.05) is 56.9 Å². The second kappa shape index (κ2) is 12.0. The molecule has 3 atom stereocenters. The first-order valence-electron chi connectivity index (χ1n) is 13.8. The fourth-order valence-electron chi connectivity index (χ4n) is 4.73. The first-order valence-corrected chi connectivity index (χ1v) is 16.7. The van der Waals surface area contributed by atoms with E-state index in [1.165, 1.54) is 12.1 Å². The molecule has 1 amide bonds. The van der Waals surface area contributed by atoms with Crippen molar-refractivity contribution in [1.82, 2.24) is 0 Å². The number of rotatable bonds is 8. The summed E-state index contributed by atoms with van der Waals surface area (Å²) >= 11 is 0. The van der Waals surface area contributed by atoms with E-state index in [0.717, 1.165) is 22.6 Å². The Labute approximate surface area is 238 Å². The molecule has 0 aromatic heterocycles. The van der Waals surface area contributed by atoms with Crippen LogP contribution in [-0.2, 0) is 4.79 Å². The smallest absolute Gasteiger partial charge is 0.250 e. The van der Waals surface area contributed by atoms with E-state index in [2.05, 4.69) is 45.7 Å². The number of benzene rings is 3. The first-order chi connectivity index (χ1) is 18.9. The lowest BCUT2D eigenvalue weighted by Crippen LogP contribution is -2.55. The maximum absolute atomic E-state index is 13.5. The lowest BCUT2D eigenvalue weighted by molar-refractivity contribution is -0.131. The van der Waals surface area contributed by atoms with Crippen LogP contribution in [0.2, 0.25) is 18.1 Å². The predicted octanol–water partition coefficient (Wildman–Crippen LogP) is 6.74. The summed E-state index contributed by atoms with van der Waals surface area (Å²) < 4.78 is 19.8. The Morgan fingerprint density at radius 1 is 1.02 bits per heavy atom. The van der Waals surface area contributed by atoms with Gasteiger partial charge in [-0.05, 0) is 90.6 Å². The SMILES string of the molecule is CC(C)(C)[Si](C)(C)Oc1ccc([C@@H]2C(CC[C@H](O)c3ccc(F)cc3)C(=O)N2c2ccc(C#CCN)cc2)cc1. The zero-order valence-electron chi connectivity index (χ0n) is 23.9. The third-order valence-electron chi connectivity index (χ3n) is 8.10. The quantitative estimate of drug-likeness (QED) is 0.182. The average Bonchev–Trinajstić information content (AvgIpc) is 2.91. The van der Waals surface area contributed by atoms with E-state index in [-0.39, 0.29) is 35.3 Å². The Bertz CT molecular complexity index is 1370. The van der Waals surface area contributed by atoms with Crippen LogP contribution in [0.25, 0.3) is 0 Å². The number of aliphatic hydroxyl groups excluding tert-OH is 1. The molecule has 0 spiro atoms. The number of carbonyl (C=O) groups is 1. The van der Waals surface area contributed by atoms with E-state index < -0.39 is 14.4 Å². The largest absolute Gasteiger partial charge is 0.544 e. The van der Waals surface area contributed by atoms with Crippen LogP contribution in [0.3, 0.4) is 0 Å². The Kier molecular flexibility index (Phi) is 8.84. The zero-order chi connectivity index (χ0) is 29.1. The number of aliphatic hydroxyl groups is 1. The molecule has 4 rings (SSSR count). The summed E-state index contributed by atoms with van der Waals surface area (Å²) in [4.78, 5) is 15.3. The Morgan fingerprint density at radius 2 is 1.65 bits per heavy atom. The van der Waals surface area contributed by atoms with E-state index in [4.69, 9.17) is 10.2 Å². The van der Waals surface area contributed by atoms with Crippen molar-refractivity contribution in [3.63, 3.8) is 0 Å². The second-order valence-electron chi connectivity index (χ2n) is 11.9. The van der Waals surface area contributed by atoms with Gasteiger partial charge in [0.2, 0.25) is 14.2 Å². The summed E-state index contributed by atoms with van der Waals surface area (Å²) in [6.45, 7) is 11.4. The van der Waals surface area contributed by atoms with Gasteiger partial charge in [-0.15, -0.1) is 0 Å². The molecule has 1 fully saturated rings. The van der Waals surface area contributed by atoms with Gasteiger partial charge in [-0.2, -0.15) is 0 Å². The molecule has 1 saturated heterocycles. The molecular formula is C33H39FN2O3Si. The number of hydrogen-bond donors (Lipinski definition) is 2. The van der Waals surface area contributed by atoms with Gasteiger partial charge in [0.25, 0.3) is 0 Å². The van der Waals surface area contributed by atoms with Gasteiger partial charge in [0.1, 0.15) is 11.6 Å². The fourth-order valence-corrected chi connectivity index (χ4v) is 5.76.